The zero-order valence-electron chi connectivity index (χ0n) is 7.35. The number of halogens is 1. The molecule has 1 fully saturated rings. The van der Waals surface area contributed by atoms with Crippen molar-refractivity contribution in [2.45, 2.75) is 32.8 Å². The molecule has 66 valence electrons. The molecule has 0 radical (unpaired) electrons. The molecular formula is C9H17BrO. The number of rotatable bonds is 3. The normalized spacial score (nSPS) is 34.1. The van der Waals surface area contributed by atoms with Gasteiger partial charge >= 0.3 is 0 Å². The van der Waals surface area contributed by atoms with Crippen LogP contribution in [0.5, 0.6) is 0 Å². The summed E-state index contributed by atoms with van der Waals surface area (Å²) >= 11 is 3.45. The number of ether oxygens (including phenoxy) is 1. The first-order valence-corrected chi connectivity index (χ1v) is 5.57. The van der Waals surface area contributed by atoms with Crippen molar-refractivity contribution in [2.75, 3.05) is 11.9 Å². The topological polar surface area (TPSA) is 9.23 Å². The summed E-state index contributed by atoms with van der Waals surface area (Å²) in [4.78, 5) is 0. The highest BCUT2D eigenvalue weighted by atomic mass is 79.9. The molecule has 1 nitrogen and oxygen atoms in total. The second kappa shape index (κ2) is 4.46. The molecule has 0 saturated carbocycles. The summed E-state index contributed by atoms with van der Waals surface area (Å²) < 4.78 is 5.59. The lowest BCUT2D eigenvalue weighted by Gasteiger charge is -2.14. The maximum atomic E-state index is 5.59. The van der Waals surface area contributed by atoms with Gasteiger partial charge in [0.15, 0.2) is 0 Å². The van der Waals surface area contributed by atoms with E-state index < -0.39 is 0 Å². The van der Waals surface area contributed by atoms with Gasteiger partial charge in [-0.25, -0.2) is 0 Å². The lowest BCUT2D eigenvalue weighted by molar-refractivity contribution is 0.119. The SMILES string of the molecule is CC[C@H](C)[C@H]1CO[C@@H](CBr)C1. The second-order valence-electron chi connectivity index (χ2n) is 3.49. The Labute approximate surface area is 77.6 Å². The van der Waals surface area contributed by atoms with Crippen LogP contribution < -0.4 is 0 Å². The Morgan fingerprint density at radius 1 is 1.64 bits per heavy atom. The minimum absolute atomic E-state index is 0.481. The Kier molecular flexibility index (Phi) is 3.86. The highest BCUT2D eigenvalue weighted by molar-refractivity contribution is 9.09. The Bertz CT molecular complexity index is 116. The largest absolute Gasteiger partial charge is 0.377 e. The van der Waals surface area contributed by atoms with Crippen LogP contribution in [0.4, 0.5) is 0 Å². The number of hydrogen-bond donors (Lipinski definition) is 0. The minimum atomic E-state index is 0.481. The molecule has 0 unspecified atom stereocenters. The summed E-state index contributed by atoms with van der Waals surface area (Å²) in [5, 5.41) is 1.000. The van der Waals surface area contributed by atoms with Crippen LogP contribution in [-0.2, 0) is 4.74 Å². The molecule has 1 aliphatic heterocycles. The molecule has 3 atom stereocenters. The third-order valence-electron chi connectivity index (χ3n) is 2.73. The average molecular weight is 221 g/mol. The smallest absolute Gasteiger partial charge is 0.0675 e. The third kappa shape index (κ3) is 2.45. The summed E-state index contributed by atoms with van der Waals surface area (Å²) in [6.45, 7) is 5.56. The Hall–Kier alpha value is 0.440. The molecule has 0 aromatic carbocycles. The van der Waals surface area contributed by atoms with E-state index in [-0.39, 0.29) is 0 Å². The average Bonchev–Trinajstić information content (AvgIpc) is 2.50. The quantitative estimate of drug-likeness (QED) is 0.666. The summed E-state index contributed by atoms with van der Waals surface area (Å²) in [6.07, 6.45) is 3.01. The van der Waals surface area contributed by atoms with E-state index in [4.69, 9.17) is 4.74 Å². The zero-order valence-corrected chi connectivity index (χ0v) is 8.93. The van der Waals surface area contributed by atoms with Crippen molar-refractivity contribution in [3.8, 4) is 0 Å². The predicted octanol–water partition coefficient (Wildman–Crippen LogP) is 2.83. The van der Waals surface area contributed by atoms with Crippen LogP contribution in [0.2, 0.25) is 0 Å². The van der Waals surface area contributed by atoms with E-state index in [9.17, 15) is 0 Å². The van der Waals surface area contributed by atoms with E-state index in [0.717, 1.165) is 23.8 Å². The van der Waals surface area contributed by atoms with Gasteiger partial charge in [0.1, 0.15) is 0 Å². The summed E-state index contributed by atoms with van der Waals surface area (Å²) in [6, 6.07) is 0. The van der Waals surface area contributed by atoms with Gasteiger partial charge < -0.3 is 4.74 Å². The second-order valence-corrected chi connectivity index (χ2v) is 4.14. The van der Waals surface area contributed by atoms with Crippen LogP contribution in [0.25, 0.3) is 0 Å². The van der Waals surface area contributed by atoms with E-state index in [1.165, 1.54) is 12.8 Å². The monoisotopic (exact) mass is 220 g/mol. The van der Waals surface area contributed by atoms with Crippen molar-refractivity contribution >= 4 is 15.9 Å². The molecule has 1 rings (SSSR count). The maximum Gasteiger partial charge on any atom is 0.0675 e. The molecule has 0 aromatic heterocycles. The molecule has 1 aliphatic rings. The molecule has 0 N–H and O–H groups in total. The number of hydrogen-bond acceptors (Lipinski definition) is 1. The molecule has 11 heavy (non-hydrogen) atoms. The van der Waals surface area contributed by atoms with Crippen LogP contribution in [0.3, 0.4) is 0 Å². The van der Waals surface area contributed by atoms with Gasteiger partial charge in [-0.1, -0.05) is 36.2 Å². The van der Waals surface area contributed by atoms with Crippen LogP contribution in [0, 0.1) is 11.8 Å². The first kappa shape index (κ1) is 9.53. The van der Waals surface area contributed by atoms with Crippen LogP contribution in [-0.4, -0.2) is 18.0 Å². The fourth-order valence-electron chi connectivity index (χ4n) is 1.57. The molecule has 0 aliphatic carbocycles. The molecule has 1 saturated heterocycles. The Morgan fingerprint density at radius 3 is 2.82 bits per heavy atom. The van der Waals surface area contributed by atoms with E-state index >= 15 is 0 Å². The van der Waals surface area contributed by atoms with Crippen molar-refractivity contribution in [2.24, 2.45) is 11.8 Å². The number of alkyl halides is 1. The van der Waals surface area contributed by atoms with E-state index in [1.807, 2.05) is 0 Å². The lowest BCUT2D eigenvalue weighted by Crippen LogP contribution is -2.11. The highest BCUT2D eigenvalue weighted by Crippen LogP contribution is 2.28. The van der Waals surface area contributed by atoms with Crippen LogP contribution >= 0.6 is 15.9 Å². The van der Waals surface area contributed by atoms with Gasteiger partial charge in [0.25, 0.3) is 0 Å². The fourth-order valence-corrected chi connectivity index (χ4v) is 2.02. The van der Waals surface area contributed by atoms with E-state index in [2.05, 4.69) is 29.8 Å². The molecule has 0 spiro atoms. The molecule has 0 aromatic rings. The standard InChI is InChI=1S/C9H17BrO/c1-3-7(2)8-4-9(5-10)11-6-8/h7-9H,3-6H2,1-2H3/t7-,8+,9+/m0/s1. The molecule has 1 heterocycles. The lowest BCUT2D eigenvalue weighted by atomic mass is 9.90. The first-order valence-electron chi connectivity index (χ1n) is 4.45. The third-order valence-corrected chi connectivity index (χ3v) is 3.45. The predicted molar refractivity (Wildman–Crippen MR) is 51.1 cm³/mol. The van der Waals surface area contributed by atoms with Gasteiger partial charge in [-0.2, -0.15) is 0 Å². The first-order chi connectivity index (χ1) is 5.27. The Morgan fingerprint density at radius 2 is 2.36 bits per heavy atom. The van der Waals surface area contributed by atoms with Crippen molar-refractivity contribution in [3.05, 3.63) is 0 Å². The zero-order chi connectivity index (χ0) is 8.27. The van der Waals surface area contributed by atoms with Crippen molar-refractivity contribution in [3.63, 3.8) is 0 Å². The van der Waals surface area contributed by atoms with E-state index in [1.54, 1.807) is 0 Å². The van der Waals surface area contributed by atoms with Gasteiger partial charge in [-0.3, -0.25) is 0 Å². The van der Waals surface area contributed by atoms with Gasteiger partial charge in [0.2, 0.25) is 0 Å². The van der Waals surface area contributed by atoms with Crippen LogP contribution in [0.15, 0.2) is 0 Å². The Balaban J connectivity index is 2.29. The van der Waals surface area contributed by atoms with Crippen molar-refractivity contribution in [1.82, 2.24) is 0 Å². The van der Waals surface area contributed by atoms with E-state index in [0.29, 0.717) is 6.10 Å². The van der Waals surface area contributed by atoms with Gasteiger partial charge in [-0.05, 0) is 18.3 Å². The van der Waals surface area contributed by atoms with Crippen molar-refractivity contribution < 1.29 is 4.74 Å². The fraction of sp³-hybridized carbons (Fsp3) is 1.00. The highest BCUT2D eigenvalue weighted by Gasteiger charge is 2.27. The summed E-state index contributed by atoms with van der Waals surface area (Å²) in [7, 11) is 0. The summed E-state index contributed by atoms with van der Waals surface area (Å²) in [5.41, 5.74) is 0. The van der Waals surface area contributed by atoms with Crippen LogP contribution in [0.1, 0.15) is 26.7 Å². The van der Waals surface area contributed by atoms with Gasteiger partial charge in [0.05, 0.1) is 12.7 Å². The molecule has 0 amide bonds. The maximum absolute atomic E-state index is 5.59. The molecular weight excluding hydrogens is 204 g/mol. The molecule has 0 bridgehead atoms. The summed E-state index contributed by atoms with van der Waals surface area (Å²) in [5.74, 6) is 1.64. The van der Waals surface area contributed by atoms with Gasteiger partial charge in [-0.15, -0.1) is 0 Å². The minimum Gasteiger partial charge on any atom is -0.377 e. The van der Waals surface area contributed by atoms with Gasteiger partial charge in [0, 0.05) is 5.33 Å². The van der Waals surface area contributed by atoms with Crippen molar-refractivity contribution in [1.29, 1.82) is 0 Å². The molecule has 2 heteroatoms.